The van der Waals surface area contributed by atoms with Gasteiger partial charge in [-0.15, -0.1) is 0 Å². The van der Waals surface area contributed by atoms with Crippen LogP contribution in [0.1, 0.15) is 18.1 Å². The molecular weight excluding hydrogens is 278 g/mol. The van der Waals surface area contributed by atoms with Gasteiger partial charge in [0.05, 0.1) is 0 Å². The van der Waals surface area contributed by atoms with E-state index in [1.807, 2.05) is 12.1 Å². The van der Waals surface area contributed by atoms with Crippen molar-refractivity contribution in [1.82, 2.24) is 0 Å². The molecule has 0 aliphatic rings. The highest BCUT2D eigenvalue weighted by molar-refractivity contribution is 5.82. The second kappa shape index (κ2) is 6.53. The molecule has 0 heterocycles. The first-order valence-electron chi connectivity index (χ1n) is 7.87. The number of nitrogens with two attached hydrogens (primary N) is 1. The van der Waals surface area contributed by atoms with Gasteiger partial charge >= 0.3 is 0 Å². The molecule has 3 aromatic carbocycles. The first-order valence-corrected chi connectivity index (χ1v) is 7.87. The molecule has 0 aliphatic heterocycles. The zero-order chi connectivity index (χ0) is 16.2. The first-order chi connectivity index (χ1) is 11.2. The van der Waals surface area contributed by atoms with Gasteiger partial charge in [-0.05, 0) is 65.4 Å². The van der Waals surface area contributed by atoms with Gasteiger partial charge in [0.15, 0.2) is 0 Å². The molecule has 3 aromatic rings. The van der Waals surface area contributed by atoms with Crippen LogP contribution in [0.15, 0.2) is 72.8 Å². The highest BCUT2D eigenvalue weighted by Crippen LogP contribution is 2.32. The molecule has 0 fully saturated rings. The molecule has 23 heavy (non-hydrogen) atoms. The summed E-state index contributed by atoms with van der Waals surface area (Å²) in [7, 11) is 0. The fraction of sp³-hybridized carbons (Fsp3) is 0.0909. The highest BCUT2D eigenvalue weighted by Gasteiger charge is 2.08. The van der Waals surface area contributed by atoms with Gasteiger partial charge in [0, 0.05) is 5.69 Å². The monoisotopic (exact) mass is 299 g/mol. The van der Waals surface area contributed by atoms with Crippen molar-refractivity contribution < 1.29 is 0 Å². The standard InChI is InChI=1S/C22H21N/c1-3-6-18-9-10-19(17-11-13-20(23)14-12-17)15-22(18)21-8-5-4-7-16(21)2/h3-15H,23H2,1-2H3/b6-3+. The molecule has 0 spiro atoms. The van der Waals surface area contributed by atoms with E-state index in [1.54, 1.807) is 0 Å². The first kappa shape index (κ1) is 15.1. The van der Waals surface area contributed by atoms with Gasteiger partial charge in [-0.25, -0.2) is 0 Å². The Morgan fingerprint density at radius 3 is 2.17 bits per heavy atom. The molecule has 3 rings (SSSR count). The van der Waals surface area contributed by atoms with Gasteiger partial charge in [0.25, 0.3) is 0 Å². The SMILES string of the molecule is C/C=C/c1ccc(-c2ccc(N)cc2)cc1-c1ccccc1C. The summed E-state index contributed by atoms with van der Waals surface area (Å²) in [5.41, 5.74) is 14.0. The summed E-state index contributed by atoms with van der Waals surface area (Å²) in [5.74, 6) is 0. The van der Waals surface area contributed by atoms with E-state index in [0.29, 0.717) is 0 Å². The van der Waals surface area contributed by atoms with Crippen LogP contribution in [-0.4, -0.2) is 0 Å². The lowest BCUT2D eigenvalue weighted by atomic mass is 9.92. The van der Waals surface area contributed by atoms with Crippen LogP contribution in [0.25, 0.3) is 28.3 Å². The fourth-order valence-electron chi connectivity index (χ4n) is 2.84. The van der Waals surface area contributed by atoms with Crippen molar-refractivity contribution >= 4 is 11.8 Å². The van der Waals surface area contributed by atoms with E-state index in [9.17, 15) is 0 Å². The van der Waals surface area contributed by atoms with E-state index in [1.165, 1.54) is 33.4 Å². The number of allylic oxidation sites excluding steroid dienone is 1. The molecule has 2 N–H and O–H groups in total. The van der Waals surface area contributed by atoms with Crippen molar-refractivity contribution in [3.63, 3.8) is 0 Å². The minimum Gasteiger partial charge on any atom is -0.399 e. The Bertz CT molecular complexity index is 842. The third-order valence-corrected chi connectivity index (χ3v) is 4.08. The average molecular weight is 299 g/mol. The largest absolute Gasteiger partial charge is 0.399 e. The number of aryl methyl sites for hydroxylation is 1. The van der Waals surface area contributed by atoms with Crippen LogP contribution in [0.3, 0.4) is 0 Å². The molecule has 114 valence electrons. The van der Waals surface area contributed by atoms with Gasteiger partial charge in [0.1, 0.15) is 0 Å². The van der Waals surface area contributed by atoms with Crippen LogP contribution in [0, 0.1) is 6.92 Å². The summed E-state index contributed by atoms with van der Waals surface area (Å²) in [6, 6.07) is 23.2. The average Bonchev–Trinajstić information content (AvgIpc) is 2.57. The van der Waals surface area contributed by atoms with Crippen molar-refractivity contribution in [2.45, 2.75) is 13.8 Å². The molecule has 1 heteroatoms. The fourth-order valence-corrected chi connectivity index (χ4v) is 2.84. The lowest BCUT2D eigenvalue weighted by molar-refractivity contribution is 1.45. The highest BCUT2D eigenvalue weighted by atomic mass is 14.5. The number of benzene rings is 3. The Morgan fingerprint density at radius 2 is 1.48 bits per heavy atom. The van der Waals surface area contributed by atoms with E-state index in [4.69, 9.17) is 5.73 Å². The van der Waals surface area contributed by atoms with Gasteiger partial charge < -0.3 is 5.73 Å². The zero-order valence-electron chi connectivity index (χ0n) is 13.6. The maximum atomic E-state index is 5.80. The summed E-state index contributed by atoms with van der Waals surface area (Å²) in [6.45, 7) is 4.21. The summed E-state index contributed by atoms with van der Waals surface area (Å²) in [6.07, 6.45) is 4.24. The minimum absolute atomic E-state index is 0.790. The maximum absolute atomic E-state index is 5.80. The third-order valence-electron chi connectivity index (χ3n) is 4.08. The number of hydrogen-bond acceptors (Lipinski definition) is 1. The smallest absolute Gasteiger partial charge is 0.0314 e. The van der Waals surface area contributed by atoms with Crippen molar-refractivity contribution in [3.05, 3.63) is 83.9 Å². The Morgan fingerprint density at radius 1 is 0.783 bits per heavy atom. The summed E-state index contributed by atoms with van der Waals surface area (Å²) < 4.78 is 0. The second-order valence-electron chi connectivity index (χ2n) is 5.74. The van der Waals surface area contributed by atoms with Crippen LogP contribution < -0.4 is 5.73 Å². The topological polar surface area (TPSA) is 26.0 Å². The maximum Gasteiger partial charge on any atom is 0.0314 e. The summed E-state index contributed by atoms with van der Waals surface area (Å²) >= 11 is 0. The third kappa shape index (κ3) is 3.19. The quantitative estimate of drug-likeness (QED) is 0.595. The number of anilines is 1. The lowest BCUT2D eigenvalue weighted by Gasteiger charge is -2.12. The van der Waals surface area contributed by atoms with Crippen LogP contribution in [-0.2, 0) is 0 Å². The van der Waals surface area contributed by atoms with Gasteiger partial charge in [-0.1, -0.05) is 60.7 Å². The van der Waals surface area contributed by atoms with E-state index in [0.717, 1.165) is 5.69 Å². The predicted octanol–water partition coefficient (Wildman–Crippen LogP) is 5.94. The molecule has 0 aliphatic carbocycles. The van der Waals surface area contributed by atoms with Crippen LogP contribution in [0.2, 0.25) is 0 Å². The van der Waals surface area contributed by atoms with Crippen molar-refractivity contribution in [2.24, 2.45) is 0 Å². The van der Waals surface area contributed by atoms with E-state index >= 15 is 0 Å². The molecule has 0 saturated carbocycles. The van der Waals surface area contributed by atoms with Crippen molar-refractivity contribution in [3.8, 4) is 22.3 Å². The Labute approximate surface area is 138 Å². The molecule has 0 saturated heterocycles. The molecular formula is C22H21N. The van der Waals surface area contributed by atoms with Gasteiger partial charge in [-0.3, -0.25) is 0 Å². The summed E-state index contributed by atoms with van der Waals surface area (Å²) in [4.78, 5) is 0. The number of rotatable bonds is 3. The van der Waals surface area contributed by atoms with Crippen LogP contribution in [0.5, 0.6) is 0 Å². The molecule has 0 bridgehead atoms. The van der Waals surface area contributed by atoms with Crippen molar-refractivity contribution in [1.29, 1.82) is 0 Å². The minimum atomic E-state index is 0.790. The molecule has 1 nitrogen and oxygen atoms in total. The molecule has 0 aromatic heterocycles. The predicted molar refractivity (Wildman–Crippen MR) is 101 cm³/mol. The van der Waals surface area contributed by atoms with Crippen LogP contribution >= 0.6 is 0 Å². The zero-order valence-corrected chi connectivity index (χ0v) is 13.6. The summed E-state index contributed by atoms with van der Waals surface area (Å²) in [5, 5.41) is 0. The van der Waals surface area contributed by atoms with Gasteiger partial charge in [-0.2, -0.15) is 0 Å². The Balaban J connectivity index is 2.18. The van der Waals surface area contributed by atoms with E-state index in [-0.39, 0.29) is 0 Å². The van der Waals surface area contributed by atoms with Crippen LogP contribution in [0.4, 0.5) is 5.69 Å². The molecule has 0 atom stereocenters. The number of hydrogen-bond donors (Lipinski definition) is 1. The normalized spacial score (nSPS) is 11.0. The molecule has 0 radical (unpaired) electrons. The van der Waals surface area contributed by atoms with Gasteiger partial charge in [0.2, 0.25) is 0 Å². The molecule has 0 unspecified atom stereocenters. The van der Waals surface area contributed by atoms with E-state index in [2.05, 4.69) is 80.6 Å². The Hall–Kier alpha value is -2.80. The second-order valence-corrected chi connectivity index (χ2v) is 5.74. The lowest BCUT2D eigenvalue weighted by Crippen LogP contribution is -1.89. The molecule has 0 amide bonds. The van der Waals surface area contributed by atoms with E-state index < -0.39 is 0 Å². The Kier molecular flexibility index (Phi) is 4.29. The number of nitrogen functional groups attached to an aromatic ring is 1. The van der Waals surface area contributed by atoms with Crippen molar-refractivity contribution in [2.75, 3.05) is 5.73 Å².